The van der Waals surface area contributed by atoms with Gasteiger partial charge in [0.1, 0.15) is 0 Å². The van der Waals surface area contributed by atoms with Crippen molar-refractivity contribution < 1.29 is 24.4 Å². The highest BCUT2D eigenvalue weighted by molar-refractivity contribution is 5.92. The van der Waals surface area contributed by atoms with Crippen molar-refractivity contribution in [1.82, 2.24) is 9.78 Å². The summed E-state index contributed by atoms with van der Waals surface area (Å²) in [6.07, 6.45) is 1.10. The van der Waals surface area contributed by atoms with E-state index in [4.69, 9.17) is 5.11 Å². The summed E-state index contributed by atoms with van der Waals surface area (Å²) >= 11 is 0. The van der Waals surface area contributed by atoms with Crippen LogP contribution in [0.4, 0.5) is 5.82 Å². The number of nitrogens with zero attached hydrogens (tertiary/aromatic N) is 3. The van der Waals surface area contributed by atoms with Crippen LogP contribution >= 0.6 is 0 Å². The van der Waals surface area contributed by atoms with Gasteiger partial charge in [-0.05, 0) is 4.92 Å². The monoisotopic (exact) mass is 257 g/mol. The van der Waals surface area contributed by atoms with E-state index in [-0.39, 0.29) is 12.1 Å². The molecule has 0 saturated heterocycles. The maximum Gasteiger partial charge on any atom is 0.404 e. The number of carbonyl (C=O) groups is 2. The average Bonchev–Trinajstić information content (AvgIpc) is 2.71. The van der Waals surface area contributed by atoms with E-state index < -0.39 is 28.6 Å². The zero-order chi connectivity index (χ0) is 13.9. The van der Waals surface area contributed by atoms with Gasteiger partial charge in [0.05, 0.1) is 30.9 Å². The van der Waals surface area contributed by atoms with Crippen LogP contribution in [0, 0.1) is 16.0 Å². The topological polar surface area (TPSA) is 125 Å². The van der Waals surface area contributed by atoms with Crippen LogP contribution in [-0.4, -0.2) is 38.9 Å². The third-order valence-corrected chi connectivity index (χ3v) is 2.20. The van der Waals surface area contributed by atoms with Gasteiger partial charge in [0, 0.05) is 0 Å². The molecular weight excluding hydrogens is 246 g/mol. The summed E-state index contributed by atoms with van der Waals surface area (Å²) in [4.78, 5) is 31.8. The number of esters is 1. The van der Waals surface area contributed by atoms with Gasteiger partial charge in [0.15, 0.2) is 5.56 Å². The molecule has 0 radical (unpaired) electrons. The van der Waals surface area contributed by atoms with Crippen molar-refractivity contribution in [1.29, 1.82) is 0 Å². The average molecular weight is 257 g/mol. The molecule has 0 bridgehead atoms. The molecule has 1 heterocycles. The number of rotatable bonds is 5. The Hall–Kier alpha value is -2.45. The Morgan fingerprint density at radius 2 is 2.28 bits per heavy atom. The molecule has 9 heteroatoms. The fourth-order valence-electron chi connectivity index (χ4n) is 1.25. The largest absolute Gasteiger partial charge is 0.481 e. The molecule has 18 heavy (non-hydrogen) atoms. The minimum absolute atomic E-state index is 0.0762. The second-order valence-electron chi connectivity index (χ2n) is 3.58. The Bertz CT molecular complexity index is 494. The van der Waals surface area contributed by atoms with Crippen LogP contribution in [0.2, 0.25) is 0 Å². The minimum Gasteiger partial charge on any atom is -0.481 e. The molecule has 0 aliphatic heterocycles. The first-order chi connectivity index (χ1) is 8.36. The smallest absolute Gasteiger partial charge is 0.404 e. The van der Waals surface area contributed by atoms with Crippen molar-refractivity contribution in [2.24, 2.45) is 5.92 Å². The quantitative estimate of drug-likeness (QED) is 0.456. The summed E-state index contributed by atoms with van der Waals surface area (Å²) in [5, 5.41) is 23.0. The third-order valence-electron chi connectivity index (χ3n) is 2.20. The minimum atomic E-state index is -1.06. The zero-order valence-corrected chi connectivity index (χ0v) is 9.69. The summed E-state index contributed by atoms with van der Waals surface area (Å²) in [5.74, 6) is -3.39. The summed E-state index contributed by atoms with van der Waals surface area (Å²) in [5.41, 5.74) is -0.305. The maximum absolute atomic E-state index is 11.3. The van der Waals surface area contributed by atoms with Crippen molar-refractivity contribution in [2.75, 3.05) is 7.11 Å². The number of nitro groups is 1. The first-order valence-electron chi connectivity index (χ1n) is 4.89. The lowest BCUT2D eigenvalue weighted by Gasteiger charge is -2.01. The van der Waals surface area contributed by atoms with Crippen LogP contribution in [0.1, 0.15) is 17.3 Å². The predicted octanol–water partition coefficient (Wildman–Crippen LogP) is 0.299. The van der Waals surface area contributed by atoms with Crippen LogP contribution < -0.4 is 0 Å². The fourth-order valence-corrected chi connectivity index (χ4v) is 1.25. The Morgan fingerprint density at radius 3 is 2.72 bits per heavy atom. The summed E-state index contributed by atoms with van der Waals surface area (Å²) in [6.45, 7) is 1.35. The molecule has 1 N–H and O–H groups in total. The zero-order valence-electron chi connectivity index (χ0n) is 9.69. The van der Waals surface area contributed by atoms with E-state index in [0.717, 1.165) is 18.0 Å². The SMILES string of the molecule is COC(=O)c1cn(CC(C)C(=O)O)nc1[N+](=O)[O-]. The van der Waals surface area contributed by atoms with Gasteiger partial charge in [0.2, 0.25) is 0 Å². The maximum atomic E-state index is 11.3. The third kappa shape index (κ3) is 2.81. The number of methoxy groups -OCH3 is 1. The normalized spacial score (nSPS) is 11.9. The van der Waals surface area contributed by atoms with Gasteiger partial charge in [-0.15, -0.1) is 0 Å². The molecule has 0 spiro atoms. The Balaban J connectivity index is 3.06. The molecular formula is C9H11N3O6. The molecule has 98 valence electrons. The van der Waals surface area contributed by atoms with Gasteiger partial charge in [-0.1, -0.05) is 6.92 Å². The lowest BCUT2D eigenvalue weighted by molar-refractivity contribution is -0.390. The summed E-state index contributed by atoms with van der Waals surface area (Å²) in [6, 6.07) is 0. The second-order valence-corrected chi connectivity index (χ2v) is 3.58. The predicted molar refractivity (Wildman–Crippen MR) is 57.0 cm³/mol. The van der Waals surface area contributed by atoms with Crippen LogP contribution in [-0.2, 0) is 16.1 Å². The Labute approximate surface area is 101 Å². The summed E-state index contributed by atoms with van der Waals surface area (Å²) < 4.78 is 5.42. The van der Waals surface area contributed by atoms with Crippen molar-refractivity contribution in [3.05, 3.63) is 21.9 Å². The van der Waals surface area contributed by atoms with Crippen LogP contribution in [0.3, 0.4) is 0 Å². The molecule has 1 aromatic rings. The van der Waals surface area contributed by atoms with Crippen molar-refractivity contribution in [3.8, 4) is 0 Å². The summed E-state index contributed by atoms with van der Waals surface area (Å²) in [7, 11) is 1.09. The molecule has 1 rings (SSSR count). The van der Waals surface area contributed by atoms with Crippen LogP contribution in [0.5, 0.6) is 0 Å². The van der Waals surface area contributed by atoms with E-state index >= 15 is 0 Å². The molecule has 0 amide bonds. The van der Waals surface area contributed by atoms with Crippen LogP contribution in [0.15, 0.2) is 6.20 Å². The number of carboxylic acid groups (broad SMARTS) is 1. The lowest BCUT2D eigenvalue weighted by atomic mass is 10.2. The first kappa shape index (κ1) is 13.6. The van der Waals surface area contributed by atoms with Crippen LogP contribution in [0.25, 0.3) is 0 Å². The molecule has 0 aromatic carbocycles. The van der Waals surface area contributed by atoms with Crippen molar-refractivity contribution in [3.63, 3.8) is 0 Å². The number of aromatic nitrogens is 2. The highest BCUT2D eigenvalue weighted by Crippen LogP contribution is 2.17. The number of carbonyl (C=O) groups excluding carboxylic acids is 1. The molecule has 1 unspecified atom stereocenters. The van der Waals surface area contributed by atoms with E-state index in [1.165, 1.54) is 6.92 Å². The highest BCUT2D eigenvalue weighted by atomic mass is 16.6. The second kappa shape index (κ2) is 5.25. The molecule has 1 aromatic heterocycles. The standard InChI is InChI=1S/C9H11N3O6/c1-5(8(13)14)3-11-4-6(9(15)18-2)7(10-11)12(16)17/h4-5H,3H2,1-2H3,(H,13,14). The van der Waals surface area contributed by atoms with Crippen molar-refractivity contribution in [2.45, 2.75) is 13.5 Å². The van der Waals surface area contributed by atoms with E-state index in [1.54, 1.807) is 0 Å². The van der Waals surface area contributed by atoms with E-state index in [9.17, 15) is 19.7 Å². The number of carboxylic acids is 1. The number of hydrogen-bond donors (Lipinski definition) is 1. The van der Waals surface area contributed by atoms with Gasteiger partial charge < -0.3 is 20.0 Å². The van der Waals surface area contributed by atoms with E-state index in [0.29, 0.717) is 0 Å². The number of aliphatic carboxylic acids is 1. The molecule has 0 aliphatic carbocycles. The van der Waals surface area contributed by atoms with Gasteiger partial charge in [-0.25, -0.2) is 4.79 Å². The molecule has 0 saturated carbocycles. The molecule has 0 aliphatic rings. The van der Waals surface area contributed by atoms with Gasteiger partial charge >= 0.3 is 17.8 Å². The van der Waals surface area contributed by atoms with E-state index in [2.05, 4.69) is 9.84 Å². The van der Waals surface area contributed by atoms with Gasteiger partial charge in [0.25, 0.3) is 0 Å². The molecule has 0 fully saturated rings. The number of hydrogen-bond acceptors (Lipinski definition) is 6. The Morgan fingerprint density at radius 1 is 1.67 bits per heavy atom. The fraction of sp³-hybridized carbons (Fsp3) is 0.444. The number of ether oxygens (including phenoxy) is 1. The van der Waals surface area contributed by atoms with Crippen molar-refractivity contribution >= 4 is 17.8 Å². The molecule has 1 atom stereocenters. The van der Waals surface area contributed by atoms with Gasteiger partial charge in [-0.3, -0.25) is 4.79 Å². The molecule has 9 nitrogen and oxygen atoms in total. The lowest BCUT2D eigenvalue weighted by Crippen LogP contribution is -2.17. The first-order valence-corrected chi connectivity index (χ1v) is 4.89. The van der Waals surface area contributed by atoms with Gasteiger partial charge in [-0.2, -0.15) is 4.68 Å². The van der Waals surface area contributed by atoms with E-state index in [1.807, 2.05) is 0 Å². The Kier molecular flexibility index (Phi) is 3.97. The highest BCUT2D eigenvalue weighted by Gasteiger charge is 2.28.